The second-order valence-electron chi connectivity index (χ2n) is 4.53. The summed E-state index contributed by atoms with van der Waals surface area (Å²) in [6.45, 7) is 3.22. The molecule has 1 aromatic carbocycles. The molecule has 0 bridgehead atoms. The highest BCUT2D eigenvalue weighted by Crippen LogP contribution is 2.30. The van der Waals surface area contributed by atoms with E-state index < -0.39 is 0 Å². The number of ether oxygens (including phenoxy) is 1. The van der Waals surface area contributed by atoms with Crippen molar-refractivity contribution in [1.29, 1.82) is 0 Å². The van der Waals surface area contributed by atoms with Gasteiger partial charge in [-0.15, -0.1) is 0 Å². The third kappa shape index (κ3) is 3.06. The number of halogens is 2. The molecule has 6 heteroatoms. The van der Waals surface area contributed by atoms with Gasteiger partial charge in [0.2, 0.25) is 0 Å². The van der Waals surface area contributed by atoms with Gasteiger partial charge in [0.25, 0.3) is 0 Å². The number of aromatic nitrogens is 2. The van der Waals surface area contributed by atoms with Crippen molar-refractivity contribution in [3.63, 3.8) is 0 Å². The molecule has 1 atom stereocenters. The first kappa shape index (κ1) is 15.5. The summed E-state index contributed by atoms with van der Waals surface area (Å²) in [4.78, 5) is 0. The molecule has 20 heavy (non-hydrogen) atoms. The van der Waals surface area contributed by atoms with E-state index in [-0.39, 0.29) is 6.04 Å². The molecule has 2 rings (SSSR count). The second kappa shape index (κ2) is 6.72. The van der Waals surface area contributed by atoms with E-state index in [0.717, 1.165) is 21.3 Å². The summed E-state index contributed by atoms with van der Waals surface area (Å²) in [6, 6.07) is 5.65. The van der Waals surface area contributed by atoms with Gasteiger partial charge in [-0.1, -0.05) is 39.7 Å². The van der Waals surface area contributed by atoms with E-state index in [9.17, 15) is 0 Å². The normalized spacial score (nSPS) is 12.7. The van der Waals surface area contributed by atoms with Crippen molar-refractivity contribution in [2.24, 2.45) is 5.73 Å². The molecule has 2 N–H and O–H groups in total. The first-order valence-electron chi connectivity index (χ1n) is 6.27. The van der Waals surface area contributed by atoms with Crippen LogP contribution in [0.25, 0.3) is 0 Å². The van der Waals surface area contributed by atoms with Crippen LogP contribution in [0.1, 0.15) is 22.9 Å². The minimum atomic E-state index is -0.320. The minimum Gasteiger partial charge on any atom is -0.383 e. The van der Waals surface area contributed by atoms with E-state index >= 15 is 0 Å². The molecule has 0 radical (unpaired) electrons. The average Bonchev–Trinajstić information content (AvgIpc) is 2.80. The number of hydrogen-bond donors (Lipinski definition) is 1. The van der Waals surface area contributed by atoms with Crippen molar-refractivity contribution in [2.75, 3.05) is 13.7 Å². The molecule has 1 aromatic heterocycles. The van der Waals surface area contributed by atoms with Crippen molar-refractivity contribution in [3.8, 4) is 0 Å². The van der Waals surface area contributed by atoms with Gasteiger partial charge in [0.15, 0.2) is 0 Å². The first-order valence-corrected chi connectivity index (χ1v) is 7.44. The summed E-state index contributed by atoms with van der Waals surface area (Å²) < 4.78 is 7.92. The van der Waals surface area contributed by atoms with Gasteiger partial charge < -0.3 is 10.5 Å². The summed E-state index contributed by atoms with van der Waals surface area (Å²) in [5.41, 5.74) is 9.34. The van der Waals surface area contributed by atoms with Gasteiger partial charge in [-0.2, -0.15) is 5.10 Å². The van der Waals surface area contributed by atoms with Crippen LogP contribution in [0.4, 0.5) is 0 Å². The van der Waals surface area contributed by atoms with E-state index in [1.54, 1.807) is 18.0 Å². The Labute approximate surface area is 132 Å². The zero-order valence-corrected chi connectivity index (χ0v) is 13.8. The number of hydrogen-bond acceptors (Lipinski definition) is 3. The third-order valence-corrected chi connectivity index (χ3v) is 4.43. The Kier molecular flexibility index (Phi) is 5.21. The Morgan fingerprint density at radius 1 is 1.50 bits per heavy atom. The average molecular weight is 359 g/mol. The van der Waals surface area contributed by atoms with Gasteiger partial charge >= 0.3 is 0 Å². The monoisotopic (exact) mass is 357 g/mol. The molecule has 0 aliphatic heterocycles. The number of rotatable bonds is 5. The van der Waals surface area contributed by atoms with Gasteiger partial charge in [0.1, 0.15) is 0 Å². The maximum atomic E-state index is 6.40. The molecule has 4 nitrogen and oxygen atoms in total. The third-order valence-electron chi connectivity index (χ3n) is 3.28. The van der Waals surface area contributed by atoms with Crippen LogP contribution < -0.4 is 5.73 Å². The Hall–Kier alpha value is -0.880. The molecule has 0 aliphatic rings. The van der Waals surface area contributed by atoms with E-state index in [2.05, 4.69) is 21.0 Å². The highest BCUT2D eigenvalue weighted by Gasteiger charge is 2.20. The summed E-state index contributed by atoms with van der Waals surface area (Å²) >= 11 is 9.77. The molecule has 1 heterocycles. The molecule has 1 unspecified atom stereocenters. The van der Waals surface area contributed by atoms with Crippen LogP contribution in [0.3, 0.4) is 0 Å². The molecule has 0 aliphatic carbocycles. The van der Waals surface area contributed by atoms with E-state index in [4.69, 9.17) is 22.1 Å². The van der Waals surface area contributed by atoms with Crippen molar-refractivity contribution < 1.29 is 4.74 Å². The molecule has 0 saturated heterocycles. The van der Waals surface area contributed by atoms with Crippen LogP contribution in [-0.4, -0.2) is 23.5 Å². The van der Waals surface area contributed by atoms with Crippen LogP contribution in [0.15, 0.2) is 28.9 Å². The van der Waals surface area contributed by atoms with Crippen LogP contribution in [0.2, 0.25) is 5.02 Å². The smallest absolute Gasteiger partial charge is 0.0837 e. The van der Waals surface area contributed by atoms with E-state index in [0.29, 0.717) is 18.2 Å². The zero-order valence-electron chi connectivity index (χ0n) is 11.4. The molecule has 0 fully saturated rings. The lowest BCUT2D eigenvalue weighted by atomic mass is 9.99. The fourth-order valence-electron chi connectivity index (χ4n) is 2.15. The lowest BCUT2D eigenvalue weighted by molar-refractivity contribution is 0.182. The van der Waals surface area contributed by atoms with Gasteiger partial charge in [0, 0.05) is 11.6 Å². The molecule has 108 valence electrons. The Bertz CT molecular complexity index is 600. The lowest BCUT2D eigenvalue weighted by Crippen LogP contribution is -2.20. The number of nitrogens with zero attached hydrogens (tertiary/aromatic N) is 2. The Morgan fingerprint density at radius 3 is 2.95 bits per heavy atom. The fourth-order valence-corrected chi connectivity index (χ4v) is 2.79. The first-order chi connectivity index (χ1) is 9.56. The summed E-state index contributed by atoms with van der Waals surface area (Å²) in [5.74, 6) is 0. The van der Waals surface area contributed by atoms with Crippen molar-refractivity contribution >= 4 is 27.5 Å². The molecule has 0 amide bonds. The maximum absolute atomic E-state index is 6.40. The van der Waals surface area contributed by atoms with Gasteiger partial charge in [0.05, 0.1) is 36.1 Å². The predicted molar refractivity (Wildman–Crippen MR) is 84.0 cm³/mol. The topological polar surface area (TPSA) is 53.1 Å². The van der Waals surface area contributed by atoms with Crippen LogP contribution in [-0.2, 0) is 11.3 Å². The SMILES string of the molecule is COCCn1ncc(Cl)c1C(N)c1cccc(Br)c1C. The van der Waals surface area contributed by atoms with Crippen molar-refractivity contribution in [1.82, 2.24) is 9.78 Å². The Balaban J connectivity index is 2.40. The maximum Gasteiger partial charge on any atom is 0.0837 e. The highest BCUT2D eigenvalue weighted by atomic mass is 79.9. The van der Waals surface area contributed by atoms with Crippen molar-refractivity contribution in [2.45, 2.75) is 19.5 Å². The van der Waals surface area contributed by atoms with Gasteiger partial charge in [-0.3, -0.25) is 4.68 Å². The quantitative estimate of drug-likeness (QED) is 0.892. The second-order valence-corrected chi connectivity index (χ2v) is 5.79. The standard InChI is InChI=1S/C14H17BrClN3O/c1-9-10(4-3-5-11(9)15)13(17)14-12(16)8-18-19(14)6-7-20-2/h3-5,8,13H,6-7,17H2,1-2H3. The van der Waals surface area contributed by atoms with E-state index in [1.165, 1.54) is 0 Å². The van der Waals surface area contributed by atoms with Crippen LogP contribution in [0, 0.1) is 6.92 Å². The number of methoxy groups -OCH3 is 1. The Morgan fingerprint density at radius 2 is 2.25 bits per heavy atom. The minimum absolute atomic E-state index is 0.320. The number of nitrogens with two attached hydrogens (primary N) is 1. The lowest BCUT2D eigenvalue weighted by Gasteiger charge is -2.18. The highest BCUT2D eigenvalue weighted by molar-refractivity contribution is 9.10. The van der Waals surface area contributed by atoms with Gasteiger partial charge in [-0.25, -0.2) is 0 Å². The molecule has 0 saturated carbocycles. The zero-order chi connectivity index (χ0) is 14.7. The predicted octanol–water partition coefficient (Wildman–Crippen LogP) is 3.30. The van der Waals surface area contributed by atoms with Crippen LogP contribution in [0.5, 0.6) is 0 Å². The fraction of sp³-hybridized carbons (Fsp3) is 0.357. The van der Waals surface area contributed by atoms with Crippen molar-refractivity contribution in [3.05, 3.63) is 50.7 Å². The summed E-state index contributed by atoms with van der Waals surface area (Å²) in [6.07, 6.45) is 1.62. The summed E-state index contributed by atoms with van der Waals surface area (Å²) in [7, 11) is 1.66. The largest absolute Gasteiger partial charge is 0.383 e. The molecule has 2 aromatic rings. The molecular weight excluding hydrogens is 342 g/mol. The summed E-state index contributed by atoms with van der Waals surface area (Å²) in [5, 5.41) is 4.84. The molecular formula is C14H17BrClN3O. The van der Waals surface area contributed by atoms with Crippen LogP contribution >= 0.6 is 27.5 Å². The van der Waals surface area contributed by atoms with E-state index in [1.807, 2.05) is 25.1 Å². The van der Waals surface area contributed by atoms with Gasteiger partial charge in [-0.05, 0) is 24.1 Å². The number of benzene rings is 1. The molecule has 0 spiro atoms.